The lowest BCUT2D eigenvalue weighted by Gasteiger charge is -2.11. The van der Waals surface area contributed by atoms with E-state index in [4.69, 9.17) is 9.47 Å². The summed E-state index contributed by atoms with van der Waals surface area (Å²) in [5, 5.41) is 3.81. The highest BCUT2D eigenvalue weighted by Gasteiger charge is 2.15. The van der Waals surface area contributed by atoms with E-state index in [0.717, 1.165) is 0 Å². The second kappa shape index (κ2) is 11.1. The minimum Gasteiger partial charge on any atom is -0.423 e. The average Bonchev–Trinajstić information content (AvgIpc) is 2.91. The number of carbonyl (C=O) groups excluding carboxylic acids is 2. The average molecular weight is 501 g/mol. The summed E-state index contributed by atoms with van der Waals surface area (Å²) in [6.45, 7) is 0. The molecule has 0 aliphatic carbocycles. The van der Waals surface area contributed by atoms with E-state index in [1.54, 1.807) is 78.9 Å². The lowest BCUT2D eigenvalue weighted by atomic mass is 10.2. The summed E-state index contributed by atoms with van der Waals surface area (Å²) in [5.74, 6) is -1.10. The van der Waals surface area contributed by atoms with E-state index in [-0.39, 0.29) is 22.0 Å². The van der Waals surface area contributed by atoms with Crippen LogP contribution in [0.2, 0.25) is 0 Å². The number of hydrazone groups is 1. The summed E-state index contributed by atoms with van der Waals surface area (Å²) in [5.41, 5.74) is 0.924. The zero-order chi connectivity index (χ0) is 25.4. The molecule has 0 amide bonds. The Morgan fingerprint density at radius 1 is 0.694 bits per heavy atom. The van der Waals surface area contributed by atoms with Gasteiger partial charge in [-0.2, -0.15) is 13.5 Å². The molecule has 4 aromatic carbocycles. The Balaban J connectivity index is 1.59. The van der Waals surface area contributed by atoms with E-state index in [1.807, 2.05) is 0 Å². The quantitative estimate of drug-likeness (QED) is 0.166. The number of rotatable bonds is 8. The molecule has 0 heterocycles. The highest BCUT2D eigenvalue weighted by atomic mass is 32.2. The molecule has 1 N–H and O–H groups in total. The third-order valence-electron chi connectivity index (χ3n) is 4.85. The summed E-state index contributed by atoms with van der Waals surface area (Å²) in [6, 6.07) is 28.8. The molecule has 9 heteroatoms. The Morgan fingerprint density at radius 3 is 1.81 bits per heavy atom. The SMILES string of the molecule is O=C(Oc1ccc(/C=N/NS(=O)(=O)c2ccccc2)c(OC(=O)c2ccccc2)c1)c1ccccc1. The van der Waals surface area contributed by atoms with Crippen LogP contribution in [0.1, 0.15) is 26.3 Å². The minimum atomic E-state index is -3.89. The molecule has 0 saturated carbocycles. The van der Waals surface area contributed by atoms with Crippen molar-refractivity contribution in [2.24, 2.45) is 5.10 Å². The van der Waals surface area contributed by atoms with Gasteiger partial charge in [0.1, 0.15) is 11.5 Å². The summed E-state index contributed by atoms with van der Waals surface area (Å²) in [4.78, 5) is 27.3. The van der Waals surface area contributed by atoms with Gasteiger partial charge >= 0.3 is 11.9 Å². The third kappa shape index (κ3) is 6.22. The van der Waals surface area contributed by atoms with Crippen molar-refractivity contribution in [3.05, 3.63) is 126 Å². The third-order valence-corrected chi connectivity index (χ3v) is 6.09. The van der Waals surface area contributed by atoms with E-state index in [9.17, 15) is 18.0 Å². The molecule has 8 nitrogen and oxygen atoms in total. The molecule has 0 fully saturated rings. The smallest absolute Gasteiger partial charge is 0.343 e. The molecule has 0 spiro atoms. The number of nitrogens with one attached hydrogen (secondary N) is 1. The molecule has 0 aromatic heterocycles. The number of esters is 2. The molecule has 4 aromatic rings. The fourth-order valence-corrected chi connectivity index (χ4v) is 3.88. The van der Waals surface area contributed by atoms with Crippen LogP contribution in [-0.2, 0) is 10.0 Å². The topological polar surface area (TPSA) is 111 Å². The van der Waals surface area contributed by atoms with Crippen molar-refractivity contribution in [1.29, 1.82) is 0 Å². The predicted octanol–water partition coefficient (Wildman–Crippen LogP) is 4.44. The first-order valence-corrected chi connectivity index (χ1v) is 12.2. The summed E-state index contributed by atoms with van der Waals surface area (Å²) in [6.07, 6.45) is 1.19. The van der Waals surface area contributed by atoms with Gasteiger partial charge in [-0.05, 0) is 48.5 Å². The van der Waals surface area contributed by atoms with Crippen molar-refractivity contribution < 1.29 is 27.5 Å². The van der Waals surface area contributed by atoms with Gasteiger partial charge in [0, 0.05) is 11.6 Å². The number of nitrogens with zero attached hydrogens (tertiary/aromatic N) is 1. The van der Waals surface area contributed by atoms with Gasteiger partial charge in [-0.1, -0.05) is 54.6 Å². The largest absolute Gasteiger partial charge is 0.423 e. The van der Waals surface area contributed by atoms with Crippen LogP contribution in [0.4, 0.5) is 0 Å². The molecule has 0 aliphatic rings. The molecule has 4 rings (SSSR count). The van der Waals surface area contributed by atoms with Crippen molar-refractivity contribution >= 4 is 28.2 Å². The maximum atomic E-state index is 12.7. The second-order valence-corrected chi connectivity index (χ2v) is 9.04. The number of carbonyl (C=O) groups is 2. The first kappa shape index (κ1) is 24.4. The zero-order valence-corrected chi connectivity index (χ0v) is 19.6. The van der Waals surface area contributed by atoms with E-state index in [0.29, 0.717) is 11.1 Å². The molecule has 0 saturated heterocycles. The van der Waals surface area contributed by atoms with Crippen LogP contribution in [0.3, 0.4) is 0 Å². The number of hydrogen-bond donors (Lipinski definition) is 1. The molecule has 0 radical (unpaired) electrons. The van der Waals surface area contributed by atoms with Gasteiger partial charge in [-0.3, -0.25) is 0 Å². The van der Waals surface area contributed by atoms with Crippen LogP contribution in [0, 0.1) is 0 Å². The summed E-state index contributed by atoms with van der Waals surface area (Å²) < 4.78 is 35.8. The molecule has 0 unspecified atom stereocenters. The van der Waals surface area contributed by atoms with E-state index >= 15 is 0 Å². The highest BCUT2D eigenvalue weighted by molar-refractivity contribution is 7.89. The van der Waals surface area contributed by atoms with Crippen LogP contribution in [0.5, 0.6) is 11.5 Å². The lowest BCUT2D eigenvalue weighted by molar-refractivity contribution is 0.0732. The van der Waals surface area contributed by atoms with Gasteiger partial charge in [0.25, 0.3) is 10.0 Å². The standard InChI is InChI=1S/C27H20N2O6S/c30-26(20-10-4-1-5-11-20)34-23-17-16-22(19-28-29-36(32,33)24-14-8-3-9-15-24)25(18-23)35-27(31)21-12-6-2-7-13-21/h1-19,29H/b28-19+. The van der Waals surface area contributed by atoms with Crippen molar-refractivity contribution in [1.82, 2.24) is 4.83 Å². The van der Waals surface area contributed by atoms with Crippen molar-refractivity contribution in [2.45, 2.75) is 4.90 Å². The van der Waals surface area contributed by atoms with Crippen molar-refractivity contribution in [3.63, 3.8) is 0 Å². The molecular weight excluding hydrogens is 480 g/mol. The first-order valence-electron chi connectivity index (χ1n) is 10.7. The Bertz CT molecular complexity index is 1490. The molecule has 36 heavy (non-hydrogen) atoms. The maximum Gasteiger partial charge on any atom is 0.343 e. The fraction of sp³-hybridized carbons (Fsp3) is 0. The Hall–Kier alpha value is -4.76. The lowest BCUT2D eigenvalue weighted by Crippen LogP contribution is -2.18. The van der Waals surface area contributed by atoms with E-state index in [1.165, 1.54) is 36.5 Å². The van der Waals surface area contributed by atoms with Crippen LogP contribution in [-0.4, -0.2) is 26.6 Å². The Labute approximate surface area is 207 Å². The van der Waals surface area contributed by atoms with E-state index in [2.05, 4.69) is 9.93 Å². The second-order valence-electron chi connectivity index (χ2n) is 7.38. The zero-order valence-electron chi connectivity index (χ0n) is 18.8. The number of hydrogen-bond acceptors (Lipinski definition) is 7. The van der Waals surface area contributed by atoms with Crippen LogP contribution in [0.25, 0.3) is 0 Å². The summed E-state index contributed by atoms with van der Waals surface area (Å²) >= 11 is 0. The molecule has 0 bridgehead atoms. The fourth-order valence-electron chi connectivity index (χ4n) is 3.06. The van der Waals surface area contributed by atoms with E-state index < -0.39 is 22.0 Å². The molecule has 0 aliphatic heterocycles. The van der Waals surface area contributed by atoms with Gasteiger partial charge in [0.05, 0.1) is 22.2 Å². The van der Waals surface area contributed by atoms with Crippen LogP contribution in [0.15, 0.2) is 119 Å². The van der Waals surface area contributed by atoms with Crippen molar-refractivity contribution in [3.8, 4) is 11.5 Å². The highest BCUT2D eigenvalue weighted by Crippen LogP contribution is 2.26. The van der Waals surface area contributed by atoms with Gasteiger partial charge in [-0.15, -0.1) is 0 Å². The Kier molecular flexibility index (Phi) is 7.52. The Morgan fingerprint density at radius 2 is 1.22 bits per heavy atom. The van der Waals surface area contributed by atoms with Crippen LogP contribution >= 0.6 is 0 Å². The number of ether oxygens (including phenoxy) is 2. The van der Waals surface area contributed by atoms with Crippen molar-refractivity contribution in [2.75, 3.05) is 0 Å². The van der Waals surface area contributed by atoms with Gasteiger partial charge in [0.15, 0.2) is 0 Å². The molecule has 180 valence electrons. The van der Waals surface area contributed by atoms with Gasteiger partial charge in [0.2, 0.25) is 0 Å². The first-order chi connectivity index (χ1) is 17.4. The van der Waals surface area contributed by atoms with Gasteiger partial charge in [-0.25, -0.2) is 14.4 Å². The normalized spacial score (nSPS) is 11.1. The van der Waals surface area contributed by atoms with Gasteiger partial charge < -0.3 is 9.47 Å². The number of benzene rings is 4. The predicted molar refractivity (Wildman–Crippen MR) is 134 cm³/mol. The molecular formula is C27H20N2O6S. The molecule has 0 atom stereocenters. The summed E-state index contributed by atoms with van der Waals surface area (Å²) in [7, 11) is -3.89. The monoisotopic (exact) mass is 500 g/mol. The minimum absolute atomic E-state index is 0.0184. The number of sulfonamides is 1. The maximum absolute atomic E-state index is 12.7. The van der Waals surface area contributed by atoms with Crippen LogP contribution < -0.4 is 14.3 Å².